The lowest BCUT2D eigenvalue weighted by atomic mass is 9.77. The highest BCUT2D eigenvalue weighted by Gasteiger charge is 2.39. The third kappa shape index (κ3) is 3.22. The third-order valence-corrected chi connectivity index (χ3v) is 10.7. The molecule has 0 saturated heterocycles. The number of allylic oxidation sites excluding steroid dienone is 4. The van der Waals surface area contributed by atoms with Gasteiger partial charge in [0, 0.05) is 10.8 Å². The average Bonchev–Trinajstić information content (AvgIpc) is 3.67. The molecule has 0 nitrogen and oxygen atoms in total. The van der Waals surface area contributed by atoms with E-state index in [1.54, 1.807) is 5.57 Å². The molecule has 0 unspecified atom stereocenters. The van der Waals surface area contributed by atoms with Gasteiger partial charge in [-0.15, -0.1) is 0 Å². The number of fused-ring (bicyclic) bond motifs is 7. The smallest absolute Gasteiger partial charge is 0.0159 e. The van der Waals surface area contributed by atoms with Gasteiger partial charge in [-0.2, -0.15) is 0 Å². The molecule has 3 aliphatic rings. The first-order valence-electron chi connectivity index (χ1n) is 15.6. The van der Waals surface area contributed by atoms with Crippen LogP contribution in [0.2, 0.25) is 0 Å². The molecule has 3 aliphatic carbocycles. The number of rotatable bonds is 2. The summed E-state index contributed by atoms with van der Waals surface area (Å²) in [6.45, 7) is 9.61. The summed E-state index contributed by atoms with van der Waals surface area (Å²) in [6, 6.07) is 41.3. The van der Waals surface area contributed by atoms with Gasteiger partial charge in [0.1, 0.15) is 0 Å². The van der Waals surface area contributed by atoms with E-state index in [1.807, 2.05) is 0 Å². The van der Waals surface area contributed by atoms with Crippen molar-refractivity contribution in [2.45, 2.75) is 44.9 Å². The Morgan fingerprint density at radius 1 is 0.465 bits per heavy atom. The summed E-state index contributed by atoms with van der Waals surface area (Å²) in [7, 11) is 0. The summed E-state index contributed by atoms with van der Waals surface area (Å²) in [5.41, 5.74) is 16.6. The molecule has 6 aromatic rings. The number of benzene rings is 6. The largest absolute Gasteiger partial charge is 0.0798 e. The lowest BCUT2D eigenvalue weighted by Crippen LogP contribution is -2.16. The van der Waals surface area contributed by atoms with Crippen molar-refractivity contribution in [3.8, 4) is 33.4 Å². The van der Waals surface area contributed by atoms with Gasteiger partial charge >= 0.3 is 0 Å². The molecule has 0 amide bonds. The Hall–Kier alpha value is -4.68. The van der Waals surface area contributed by atoms with Crippen molar-refractivity contribution in [2.24, 2.45) is 0 Å². The van der Waals surface area contributed by atoms with Crippen LogP contribution in [0.4, 0.5) is 0 Å². The van der Waals surface area contributed by atoms with Gasteiger partial charge < -0.3 is 0 Å². The Balaban J connectivity index is 1.52. The second kappa shape index (κ2) is 8.45. The van der Waals surface area contributed by atoms with Crippen molar-refractivity contribution >= 4 is 27.1 Å². The van der Waals surface area contributed by atoms with Gasteiger partial charge in [0.05, 0.1) is 0 Å². The van der Waals surface area contributed by atoms with E-state index in [4.69, 9.17) is 0 Å². The molecule has 0 N–H and O–H groups in total. The molecule has 206 valence electrons. The molecule has 6 aromatic carbocycles. The monoisotopic (exact) mass is 550 g/mol. The second-order valence-corrected chi connectivity index (χ2v) is 13.7. The summed E-state index contributed by atoms with van der Waals surface area (Å²) >= 11 is 0. The van der Waals surface area contributed by atoms with Gasteiger partial charge in [-0.3, -0.25) is 0 Å². The van der Waals surface area contributed by atoms with Gasteiger partial charge in [-0.25, -0.2) is 0 Å². The van der Waals surface area contributed by atoms with Crippen LogP contribution in [0, 0.1) is 0 Å². The highest BCUT2D eigenvalue weighted by molar-refractivity contribution is 6.23. The molecule has 9 rings (SSSR count). The Morgan fingerprint density at radius 3 is 1.60 bits per heavy atom. The molecule has 0 aliphatic heterocycles. The predicted molar refractivity (Wildman–Crippen MR) is 184 cm³/mol. The van der Waals surface area contributed by atoms with Crippen LogP contribution in [0.3, 0.4) is 0 Å². The Morgan fingerprint density at radius 2 is 0.977 bits per heavy atom. The first kappa shape index (κ1) is 24.9. The summed E-state index contributed by atoms with van der Waals surface area (Å²) in [6.07, 6.45) is 5.76. The lowest BCUT2D eigenvalue weighted by molar-refractivity contribution is 0.628. The van der Waals surface area contributed by atoms with Crippen LogP contribution in [-0.2, 0) is 10.8 Å². The van der Waals surface area contributed by atoms with Gasteiger partial charge in [-0.05, 0) is 119 Å². The van der Waals surface area contributed by atoms with Crippen molar-refractivity contribution in [3.63, 3.8) is 0 Å². The molecule has 0 aromatic heterocycles. The lowest BCUT2D eigenvalue weighted by Gasteiger charge is -2.26. The quantitative estimate of drug-likeness (QED) is 0.188. The minimum absolute atomic E-state index is 0.0130. The standard InChI is InChI=1S/C43H34/c1-42(2)36-20-12-11-18-28(36)30-22-32-34(24-38(30)42)41(27-16-9-6-10-17-27)33-23-31-29-19-13-21-37(29)43(3,4)39(31)25-35(33)40(32)26-14-7-5-8-15-26/h5-20,22-25H,21H2,1-4H3. The fourth-order valence-electron chi connectivity index (χ4n) is 8.55. The normalized spacial score (nSPS) is 16.9. The summed E-state index contributed by atoms with van der Waals surface area (Å²) in [5.74, 6) is 0. The Kier molecular flexibility index (Phi) is 4.89. The summed E-state index contributed by atoms with van der Waals surface area (Å²) in [4.78, 5) is 0. The van der Waals surface area contributed by atoms with Gasteiger partial charge in [0.2, 0.25) is 0 Å². The fraction of sp³-hybridized carbons (Fsp3) is 0.163. The SMILES string of the molecule is CC1(C)C2=C(C=CC2)c2cc3c(-c4ccccc4)c4cc5c(cc4c(-c4ccccc4)c3cc21)-c1ccccc1C5(C)C. The fourth-order valence-corrected chi connectivity index (χ4v) is 8.55. The zero-order valence-electron chi connectivity index (χ0n) is 25.3. The average molecular weight is 551 g/mol. The maximum absolute atomic E-state index is 2.55. The minimum atomic E-state index is -0.0632. The van der Waals surface area contributed by atoms with Crippen LogP contribution in [0.1, 0.15) is 56.4 Å². The molecule has 0 heterocycles. The maximum atomic E-state index is 2.55. The van der Waals surface area contributed by atoms with E-state index in [0.717, 1.165) is 6.42 Å². The highest BCUT2D eigenvalue weighted by Crippen LogP contribution is 2.56. The van der Waals surface area contributed by atoms with Crippen LogP contribution in [0.5, 0.6) is 0 Å². The molecule has 0 spiro atoms. The topological polar surface area (TPSA) is 0 Å². The minimum Gasteiger partial charge on any atom is -0.0798 e. The van der Waals surface area contributed by atoms with E-state index in [-0.39, 0.29) is 10.8 Å². The molecular weight excluding hydrogens is 516 g/mol. The van der Waals surface area contributed by atoms with Crippen molar-refractivity contribution < 1.29 is 0 Å². The number of hydrogen-bond acceptors (Lipinski definition) is 0. The predicted octanol–water partition coefficient (Wildman–Crippen LogP) is 11.6. The first-order valence-corrected chi connectivity index (χ1v) is 15.6. The molecule has 0 atom stereocenters. The molecule has 0 fully saturated rings. The maximum Gasteiger partial charge on any atom is 0.0159 e. The van der Waals surface area contributed by atoms with Crippen molar-refractivity contribution in [3.05, 3.63) is 149 Å². The van der Waals surface area contributed by atoms with Crippen LogP contribution >= 0.6 is 0 Å². The Labute approximate surface area is 254 Å². The van der Waals surface area contributed by atoms with Crippen molar-refractivity contribution in [2.75, 3.05) is 0 Å². The highest BCUT2D eigenvalue weighted by atomic mass is 14.4. The molecule has 0 heteroatoms. The van der Waals surface area contributed by atoms with E-state index in [0.29, 0.717) is 0 Å². The van der Waals surface area contributed by atoms with E-state index in [2.05, 4.69) is 149 Å². The van der Waals surface area contributed by atoms with E-state index in [1.165, 1.54) is 82.8 Å². The van der Waals surface area contributed by atoms with Crippen molar-refractivity contribution in [1.82, 2.24) is 0 Å². The van der Waals surface area contributed by atoms with Gasteiger partial charge in [-0.1, -0.05) is 125 Å². The van der Waals surface area contributed by atoms with Crippen LogP contribution in [0.25, 0.3) is 60.5 Å². The van der Waals surface area contributed by atoms with Crippen LogP contribution in [-0.4, -0.2) is 0 Å². The van der Waals surface area contributed by atoms with Gasteiger partial charge in [0.25, 0.3) is 0 Å². The zero-order chi connectivity index (χ0) is 29.1. The van der Waals surface area contributed by atoms with E-state index >= 15 is 0 Å². The van der Waals surface area contributed by atoms with E-state index < -0.39 is 0 Å². The molecule has 0 saturated carbocycles. The summed E-state index contributed by atoms with van der Waals surface area (Å²) < 4.78 is 0. The van der Waals surface area contributed by atoms with Gasteiger partial charge in [0.15, 0.2) is 0 Å². The third-order valence-electron chi connectivity index (χ3n) is 10.7. The van der Waals surface area contributed by atoms with Crippen LogP contribution in [0.15, 0.2) is 127 Å². The van der Waals surface area contributed by atoms with E-state index in [9.17, 15) is 0 Å². The number of hydrogen-bond donors (Lipinski definition) is 0. The zero-order valence-corrected chi connectivity index (χ0v) is 25.3. The first-order chi connectivity index (χ1) is 20.9. The molecule has 0 radical (unpaired) electrons. The second-order valence-electron chi connectivity index (χ2n) is 13.7. The summed E-state index contributed by atoms with van der Waals surface area (Å²) in [5, 5.41) is 5.36. The van der Waals surface area contributed by atoms with Crippen LogP contribution < -0.4 is 0 Å². The molecule has 43 heavy (non-hydrogen) atoms. The van der Waals surface area contributed by atoms with Crippen molar-refractivity contribution in [1.29, 1.82) is 0 Å². The Bertz CT molecular complexity index is 2220. The molecular formula is C43H34. The molecule has 0 bridgehead atoms.